The molecule has 2 heterocycles. The zero-order chi connectivity index (χ0) is 19.0. The maximum absolute atomic E-state index is 12.7. The summed E-state index contributed by atoms with van der Waals surface area (Å²) in [4.78, 5) is 29.0. The monoisotopic (exact) mass is 365 g/mol. The lowest BCUT2D eigenvalue weighted by molar-refractivity contribution is 0.102. The van der Waals surface area contributed by atoms with Gasteiger partial charge in [-0.15, -0.1) is 5.10 Å². The molecule has 0 aliphatic carbocycles. The molecule has 4 rings (SSSR count). The highest BCUT2D eigenvalue weighted by Crippen LogP contribution is 2.29. The number of nitrogens with one attached hydrogen (secondary N) is 2. The zero-order valence-electron chi connectivity index (χ0n) is 14.5. The summed E-state index contributed by atoms with van der Waals surface area (Å²) >= 11 is 0. The van der Waals surface area contributed by atoms with Crippen molar-refractivity contribution < 1.29 is 14.3 Å². The van der Waals surface area contributed by atoms with Gasteiger partial charge in [0.1, 0.15) is 11.5 Å². The van der Waals surface area contributed by atoms with Gasteiger partial charge < -0.3 is 14.8 Å². The van der Waals surface area contributed by atoms with E-state index in [1.807, 2.05) is 0 Å². The van der Waals surface area contributed by atoms with Crippen LogP contribution in [0.1, 0.15) is 10.5 Å². The molecule has 0 saturated heterocycles. The topological polar surface area (TPSA) is 111 Å². The number of fused-ring (bicyclic) bond motifs is 3. The Morgan fingerprint density at radius 3 is 2.74 bits per heavy atom. The Morgan fingerprint density at radius 1 is 1.15 bits per heavy atom. The molecule has 0 radical (unpaired) electrons. The number of methoxy groups -OCH3 is 2. The van der Waals surface area contributed by atoms with Crippen LogP contribution in [0.3, 0.4) is 0 Å². The van der Waals surface area contributed by atoms with Gasteiger partial charge in [-0.2, -0.15) is 4.98 Å². The van der Waals surface area contributed by atoms with Gasteiger partial charge in [-0.1, -0.05) is 12.1 Å². The maximum atomic E-state index is 12.7. The third kappa shape index (κ3) is 2.74. The van der Waals surface area contributed by atoms with Gasteiger partial charge in [0.05, 0.1) is 30.8 Å². The summed E-state index contributed by atoms with van der Waals surface area (Å²) in [6.07, 6.45) is 0. The van der Waals surface area contributed by atoms with E-state index in [0.29, 0.717) is 28.1 Å². The average Bonchev–Trinajstić information content (AvgIpc) is 3.12. The number of carbonyl (C=O) groups is 1. The third-order valence-corrected chi connectivity index (χ3v) is 4.14. The molecule has 0 atom stereocenters. The number of carbonyl (C=O) groups excluding carboxylic acids is 1. The second-order valence-corrected chi connectivity index (χ2v) is 5.67. The van der Waals surface area contributed by atoms with Gasteiger partial charge in [0, 0.05) is 6.07 Å². The summed E-state index contributed by atoms with van der Waals surface area (Å²) in [5.41, 5.74) is 0.733. The lowest BCUT2D eigenvalue weighted by Gasteiger charge is -2.10. The number of nitrogens with zero attached hydrogens (tertiary/aromatic N) is 3. The van der Waals surface area contributed by atoms with Gasteiger partial charge >= 0.3 is 0 Å². The highest BCUT2D eigenvalue weighted by molar-refractivity contribution is 6.07. The normalized spacial score (nSPS) is 10.9. The maximum Gasteiger partial charge on any atom is 0.281 e. The van der Waals surface area contributed by atoms with Crippen LogP contribution >= 0.6 is 0 Å². The summed E-state index contributed by atoms with van der Waals surface area (Å²) in [5.74, 6) is 0.493. The molecular weight excluding hydrogens is 350 g/mol. The van der Waals surface area contributed by atoms with E-state index in [0.717, 1.165) is 0 Å². The van der Waals surface area contributed by atoms with Crippen molar-refractivity contribution in [3.63, 3.8) is 0 Å². The van der Waals surface area contributed by atoms with Crippen LogP contribution in [0.25, 0.3) is 16.6 Å². The molecule has 1 amide bonds. The van der Waals surface area contributed by atoms with Crippen molar-refractivity contribution in [2.45, 2.75) is 0 Å². The molecule has 0 aliphatic rings. The van der Waals surface area contributed by atoms with Crippen molar-refractivity contribution in [2.24, 2.45) is 0 Å². The van der Waals surface area contributed by atoms with Gasteiger partial charge in [-0.25, -0.2) is 9.73 Å². The third-order valence-electron chi connectivity index (χ3n) is 4.14. The number of H-pyrrole nitrogens is 1. The fraction of sp³-hybridized carbons (Fsp3) is 0.111. The Labute approximate surface area is 152 Å². The van der Waals surface area contributed by atoms with E-state index in [1.54, 1.807) is 42.5 Å². The summed E-state index contributed by atoms with van der Waals surface area (Å²) in [6.45, 7) is 0. The molecule has 4 aromatic rings. The van der Waals surface area contributed by atoms with E-state index in [9.17, 15) is 9.59 Å². The lowest BCUT2D eigenvalue weighted by Crippen LogP contribution is -2.16. The molecule has 2 N–H and O–H groups in total. The molecule has 2 aromatic heterocycles. The number of hydrogen-bond acceptors (Lipinski definition) is 6. The Bertz CT molecular complexity index is 1230. The van der Waals surface area contributed by atoms with Crippen LogP contribution in [0.15, 0.2) is 47.3 Å². The number of aromatic amines is 1. The van der Waals surface area contributed by atoms with E-state index in [1.165, 1.54) is 18.7 Å². The number of rotatable bonds is 4. The first kappa shape index (κ1) is 16.6. The molecule has 136 valence electrons. The van der Waals surface area contributed by atoms with Crippen molar-refractivity contribution in [1.82, 2.24) is 19.8 Å². The lowest BCUT2D eigenvalue weighted by atomic mass is 10.2. The first-order valence-corrected chi connectivity index (χ1v) is 8.01. The Balaban J connectivity index is 1.77. The SMILES string of the molecule is COc1ccc(NC(=O)c2n[nH]n3c2nc(=O)c2ccccc23)c(OC)c1. The highest BCUT2D eigenvalue weighted by Gasteiger charge is 2.19. The minimum atomic E-state index is -0.528. The molecule has 0 unspecified atom stereocenters. The summed E-state index contributed by atoms with van der Waals surface area (Å²) < 4.78 is 11.9. The fourth-order valence-electron chi connectivity index (χ4n) is 2.82. The van der Waals surface area contributed by atoms with E-state index >= 15 is 0 Å². The Kier molecular flexibility index (Phi) is 3.96. The number of aromatic nitrogens is 4. The number of para-hydroxylation sites is 1. The number of benzene rings is 2. The predicted octanol–water partition coefficient (Wildman–Crippen LogP) is 1.84. The fourth-order valence-corrected chi connectivity index (χ4v) is 2.82. The second kappa shape index (κ2) is 6.45. The predicted molar refractivity (Wildman–Crippen MR) is 98.6 cm³/mol. The highest BCUT2D eigenvalue weighted by atomic mass is 16.5. The van der Waals surface area contributed by atoms with Crippen LogP contribution in [-0.2, 0) is 0 Å². The molecule has 0 bridgehead atoms. The van der Waals surface area contributed by atoms with Crippen molar-refractivity contribution >= 4 is 28.1 Å². The van der Waals surface area contributed by atoms with Gasteiger partial charge in [0.25, 0.3) is 11.5 Å². The number of anilines is 1. The van der Waals surface area contributed by atoms with Crippen molar-refractivity contribution in [3.05, 3.63) is 58.5 Å². The van der Waals surface area contributed by atoms with Crippen LogP contribution in [0.4, 0.5) is 5.69 Å². The van der Waals surface area contributed by atoms with Crippen molar-refractivity contribution in [1.29, 1.82) is 0 Å². The van der Waals surface area contributed by atoms with Gasteiger partial charge in [0.15, 0.2) is 11.3 Å². The standard InChI is InChI=1S/C18H15N5O4/c1-26-10-7-8-12(14(9-10)27-2)19-18(25)15-16-20-17(24)11-5-3-4-6-13(11)23(16)22-21-15/h3-9,22H,1-2H3,(H,19,25). The average molecular weight is 365 g/mol. The first-order chi connectivity index (χ1) is 13.1. The molecule has 2 aromatic carbocycles. The second-order valence-electron chi connectivity index (χ2n) is 5.67. The summed E-state index contributed by atoms with van der Waals surface area (Å²) in [7, 11) is 3.03. The van der Waals surface area contributed by atoms with Crippen molar-refractivity contribution in [3.8, 4) is 11.5 Å². The molecule has 9 nitrogen and oxygen atoms in total. The van der Waals surface area contributed by atoms with Gasteiger partial charge in [0.2, 0.25) is 0 Å². The van der Waals surface area contributed by atoms with Gasteiger partial charge in [-0.3, -0.25) is 9.59 Å². The smallest absolute Gasteiger partial charge is 0.281 e. The molecule has 9 heteroatoms. The minimum Gasteiger partial charge on any atom is -0.497 e. The first-order valence-electron chi connectivity index (χ1n) is 8.01. The largest absolute Gasteiger partial charge is 0.497 e. The minimum absolute atomic E-state index is 0.00396. The summed E-state index contributed by atoms with van der Waals surface area (Å²) in [5, 5.41) is 9.91. The van der Waals surface area contributed by atoms with Crippen LogP contribution in [0.2, 0.25) is 0 Å². The number of ether oxygens (including phenoxy) is 2. The molecule has 0 aliphatic heterocycles. The number of amides is 1. The molecule has 0 saturated carbocycles. The summed E-state index contributed by atoms with van der Waals surface area (Å²) in [6, 6.07) is 11.9. The van der Waals surface area contributed by atoms with Crippen LogP contribution < -0.4 is 20.3 Å². The molecular formula is C18H15N5O4. The Hall–Kier alpha value is -3.88. The Morgan fingerprint density at radius 2 is 1.96 bits per heavy atom. The van der Waals surface area contributed by atoms with E-state index in [2.05, 4.69) is 20.6 Å². The van der Waals surface area contributed by atoms with Gasteiger partial charge in [-0.05, 0) is 24.3 Å². The number of hydrogen-bond donors (Lipinski definition) is 2. The quantitative estimate of drug-likeness (QED) is 0.571. The molecule has 0 spiro atoms. The molecule has 0 fully saturated rings. The zero-order valence-corrected chi connectivity index (χ0v) is 14.5. The van der Waals surface area contributed by atoms with Crippen LogP contribution in [0.5, 0.6) is 11.5 Å². The van der Waals surface area contributed by atoms with E-state index in [-0.39, 0.29) is 11.3 Å². The van der Waals surface area contributed by atoms with E-state index < -0.39 is 11.5 Å². The van der Waals surface area contributed by atoms with Crippen LogP contribution in [0, 0.1) is 0 Å². The van der Waals surface area contributed by atoms with E-state index in [4.69, 9.17) is 9.47 Å². The van der Waals surface area contributed by atoms with Crippen molar-refractivity contribution in [2.75, 3.05) is 19.5 Å². The van der Waals surface area contributed by atoms with Crippen LogP contribution in [-0.4, -0.2) is 39.9 Å². The molecule has 27 heavy (non-hydrogen) atoms.